The fraction of sp³-hybridized carbons (Fsp3) is 0.455. The maximum atomic E-state index is 9.40. The molecular formula is C11H15NO2. The minimum absolute atomic E-state index is 0.193. The fourth-order valence-corrected chi connectivity index (χ4v) is 1.58. The van der Waals surface area contributed by atoms with Crippen molar-refractivity contribution in [2.75, 3.05) is 12.4 Å². The Morgan fingerprint density at radius 2 is 2.29 bits per heavy atom. The van der Waals surface area contributed by atoms with E-state index < -0.39 is 0 Å². The second kappa shape index (κ2) is 3.88. The van der Waals surface area contributed by atoms with E-state index in [1.807, 2.05) is 24.3 Å². The van der Waals surface area contributed by atoms with E-state index in [-0.39, 0.29) is 12.1 Å². The summed E-state index contributed by atoms with van der Waals surface area (Å²) in [4.78, 5) is 0. The van der Waals surface area contributed by atoms with Crippen molar-refractivity contribution in [1.82, 2.24) is 0 Å². The average molecular weight is 193 g/mol. The summed E-state index contributed by atoms with van der Waals surface area (Å²) < 4.78 is 5.11. The largest absolute Gasteiger partial charge is 0.497 e. The van der Waals surface area contributed by atoms with Gasteiger partial charge in [-0.25, -0.2) is 0 Å². The first-order valence-electron chi connectivity index (χ1n) is 4.88. The van der Waals surface area contributed by atoms with E-state index in [0.29, 0.717) is 0 Å². The molecule has 14 heavy (non-hydrogen) atoms. The van der Waals surface area contributed by atoms with Gasteiger partial charge in [-0.05, 0) is 25.0 Å². The van der Waals surface area contributed by atoms with Gasteiger partial charge >= 0.3 is 0 Å². The minimum atomic E-state index is -0.193. The lowest BCUT2D eigenvalue weighted by Gasteiger charge is -2.33. The summed E-state index contributed by atoms with van der Waals surface area (Å²) >= 11 is 0. The topological polar surface area (TPSA) is 41.5 Å². The summed E-state index contributed by atoms with van der Waals surface area (Å²) in [5.74, 6) is 0.837. The molecule has 1 fully saturated rings. The molecule has 1 saturated carbocycles. The molecule has 0 bridgehead atoms. The van der Waals surface area contributed by atoms with Crippen LogP contribution in [0.1, 0.15) is 12.8 Å². The highest BCUT2D eigenvalue weighted by molar-refractivity contribution is 5.49. The van der Waals surface area contributed by atoms with Gasteiger partial charge in [0.05, 0.1) is 19.3 Å². The second-order valence-electron chi connectivity index (χ2n) is 3.63. The molecule has 0 saturated heterocycles. The molecule has 2 atom stereocenters. The summed E-state index contributed by atoms with van der Waals surface area (Å²) in [7, 11) is 1.65. The molecule has 0 aromatic heterocycles. The summed E-state index contributed by atoms with van der Waals surface area (Å²) in [5, 5.41) is 12.7. The van der Waals surface area contributed by atoms with E-state index in [1.165, 1.54) is 0 Å². The smallest absolute Gasteiger partial charge is 0.120 e. The average Bonchev–Trinajstić information content (AvgIpc) is 2.24. The molecule has 0 spiro atoms. The van der Waals surface area contributed by atoms with Crippen molar-refractivity contribution in [3.8, 4) is 5.75 Å². The Hall–Kier alpha value is -1.22. The van der Waals surface area contributed by atoms with Gasteiger partial charge in [0.2, 0.25) is 0 Å². The van der Waals surface area contributed by atoms with Crippen LogP contribution in [0.15, 0.2) is 24.3 Å². The van der Waals surface area contributed by atoms with Crippen LogP contribution < -0.4 is 10.1 Å². The number of hydrogen-bond donors (Lipinski definition) is 2. The molecular weight excluding hydrogens is 178 g/mol. The summed E-state index contributed by atoms with van der Waals surface area (Å²) in [5.41, 5.74) is 1.01. The number of methoxy groups -OCH3 is 1. The van der Waals surface area contributed by atoms with Gasteiger partial charge in [-0.15, -0.1) is 0 Å². The quantitative estimate of drug-likeness (QED) is 0.766. The van der Waals surface area contributed by atoms with Gasteiger partial charge in [0, 0.05) is 11.8 Å². The summed E-state index contributed by atoms with van der Waals surface area (Å²) in [6.07, 6.45) is 1.75. The zero-order valence-corrected chi connectivity index (χ0v) is 8.23. The normalized spacial score (nSPS) is 25.3. The van der Waals surface area contributed by atoms with Gasteiger partial charge in [-0.2, -0.15) is 0 Å². The minimum Gasteiger partial charge on any atom is -0.497 e. The number of aliphatic hydroxyl groups is 1. The Bertz CT molecular complexity index is 314. The van der Waals surface area contributed by atoms with Crippen molar-refractivity contribution in [1.29, 1.82) is 0 Å². The number of anilines is 1. The highest BCUT2D eigenvalue weighted by Crippen LogP contribution is 2.25. The van der Waals surface area contributed by atoms with Crippen molar-refractivity contribution in [2.24, 2.45) is 0 Å². The fourth-order valence-electron chi connectivity index (χ4n) is 1.58. The number of aliphatic hydroxyl groups excluding tert-OH is 1. The molecule has 1 aliphatic carbocycles. The van der Waals surface area contributed by atoms with Crippen LogP contribution in [0.25, 0.3) is 0 Å². The Morgan fingerprint density at radius 1 is 1.43 bits per heavy atom. The highest BCUT2D eigenvalue weighted by atomic mass is 16.5. The monoisotopic (exact) mass is 193 g/mol. The predicted octanol–water partition coefficient (Wildman–Crippen LogP) is 1.63. The van der Waals surface area contributed by atoms with Gasteiger partial charge in [0.25, 0.3) is 0 Å². The Balaban J connectivity index is 2.01. The van der Waals surface area contributed by atoms with Crippen molar-refractivity contribution in [3.05, 3.63) is 24.3 Å². The lowest BCUT2D eigenvalue weighted by Crippen LogP contribution is -2.42. The lowest BCUT2D eigenvalue weighted by atomic mass is 9.89. The third-order valence-electron chi connectivity index (χ3n) is 2.66. The molecule has 2 unspecified atom stereocenters. The number of nitrogens with one attached hydrogen (secondary N) is 1. The van der Waals surface area contributed by atoms with Crippen molar-refractivity contribution in [3.63, 3.8) is 0 Å². The zero-order chi connectivity index (χ0) is 9.97. The van der Waals surface area contributed by atoms with Crippen LogP contribution in [0.5, 0.6) is 5.75 Å². The molecule has 2 N–H and O–H groups in total. The van der Waals surface area contributed by atoms with Gasteiger partial charge < -0.3 is 15.2 Å². The third kappa shape index (κ3) is 1.82. The van der Waals surface area contributed by atoms with Gasteiger partial charge in [0.1, 0.15) is 5.75 Å². The highest BCUT2D eigenvalue weighted by Gasteiger charge is 2.28. The summed E-state index contributed by atoms with van der Waals surface area (Å²) in [6, 6.07) is 7.97. The van der Waals surface area contributed by atoms with Crippen LogP contribution in [0.2, 0.25) is 0 Å². The number of hydrogen-bond acceptors (Lipinski definition) is 3. The van der Waals surface area contributed by atoms with Crippen LogP contribution in [0.3, 0.4) is 0 Å². The lowest BCUT2D eigenvalue weighted by molar-refractivity contribution is 0.0786. The Kier molecular flexibility index (Phi) is 2.59. The van der Waals surface area contributed by atoms with Gasteiger partial charge in [-0.3, -0.25) is 0 Å². The van der Waals surface area contributed by atoms with E-state index in [2.05, 4.69) is 5.32 Å². The Labute approximate surface area is 83.7 Å². The third-order valence-corrected chi connectivity index (χ3v) is 2.66. The Morgan fingerprint density at radius 3 is 2.86 bits per heavy atom. The van der Waals surface area contributed by atoms with E-state index in [1.54, 1.807) is 7.11 Å². The van der Waals surface area contributed by atoms with Crippen molar-refractivity contribution >= 4 is 5.69 Å². The van der Waals surface area contributed by atoms with Crippen LogP contribution in [0.4, 0.5) is 5.69 Å². The number of ether oxygens (including phenoxy) is 1. The molecule has 3 nitrogen and oxygen atoms in total. The standard InChI is InChI=1S/C11H15NO2/c1-14-9-4-2-3-8(7-9)12-10-5-6-11(10)13/h2-4,7,10-13H,5-6H2,1H3. The van der Waals surface area contributed by atoms with E-state index in [0.717, 1.165) is 24.3 Å². The zero-order valence-electron chi connectivity index (χ0n) is 8.23. The van der Waals surface area contributed by atoms with Crippen LogP contribution in [0, 0.1) is 0 Å². The van der Waals surface area contributed by atoms with Crippen LogP contribution in [-0.2, 0) is 0 Å². The molecule has 76 valence electrons. The molecule has 2 rings (SSSR count). The number of benzene rings is 1. The first-order chi connectivity index (χ1) is 6.79. The van der Waals surface area contributed by atoms with Gasteiger partial charge in [0.15, 0.2) is 0 Å². The van der Waals surface area contributed by atoms with Crippen LogP contribution in [-0.4, -0.2) is 24.4 Å². The van der Waals surface area contributed by atoms with Crippen molar-refractivity contribution in [2.45, 2.75) is 25.0 Å². The molecule has 0 heterocycles. The first kappa shape index (κ1) is 9.34. The molecule has 0 amide bonds. The van der Waals surface area contributed by atoms with Crippen LogP contribution >= 0.6 is 0 Å². The van der Waals surface area contributed by atoms with E-state index in [9.17, 15) is 5.11 Å². The molecule has 0 aliphatic heterocycles. The molecule has 0 radical (unpaired) electrons. The predicted molar refractivity (Wildman–Crippen MR) is 55.6 cm³/mol. The second-order valence-corrected chi connectivity index (χ2v) is 3.63. The molecule has 1 aromatic carbocycles. The maximum Gasteiger partial charge on any atom is 0.120 e. The molecule has 3 heteroatoms. The maximum absolute atomic E-state index is 9.40. The number of rotatable bonds is 3. The van der Waals surface area contributed by atoms with E-state index >= 15 is 0 Å². The molecule has 1 aromatic rings. The summed E-state index contributed by atoms with van der Waals surface area (Å²) in [6.45, 7) is 0. The first-order valence-corrected chi connectivity index (χ1v) is 4.88. The van der Waals surface area contributed by atoms with E-state index in [4.69, 9.17) is 4.74 Å². The van der Waals surface area contributed by atoms with Crippen molar-refractivity contribution < 1.29 is 9.84 Å². The molecule has 1 aliphatic rings. The SMILES string of the molecule is COc1cccc(NC2CCC2O)c1. The van der Waals surface area contributed by atoms with Gasteiger partial charge in [-0.1, -0.05) is 6.07 Å².